The predicted octanol–water partition coefficient (Wildman–Crippen LogP) is 3.86. The molecule has 2 aromatic rings. The molecule has 1 saturated carbocycles. The van der Waals surface area contributed by atoms with Crippen LogP contribution in [0.25, 0.3) is 0 Å². The van der Waals surface area contributed by atoms with E-state index >= 15 is 0 Å². The molecule has 1 aliphatic rings. The Morgan fingerprint density at radius 1 is 1.00 bits per heavy atom. The van der Waals surface area contributed by atoms with E-state index in [4.69, 9.17) is 0 Å². The highest BCUT2D eigenvalue weighted by Gasteiger charge is 2.27. The van der Waals surface area contributed by atoms with E-state index in [1.54, 1.807) is 24.3 Å². The predicted molar refractivity (Wildman–Crippen MR) is 108 cm³/mol. The molecule has 2 aromatic carbocycles. The van der Waals surface area contributed by atoms with Gasteiger partial charge in [-0.25, -0.2) is 8.42 Å². The molecule has 0 aromatic heterocycles. The molecule has 0 atom stereocenters. The van der Waals surface area contributed by atoms with Gasteiger partial charge in [0.15, 0.2) is 9.84 Å². The Bertz CT molecular complexity index is 871. The van der Waals surface area contributed by atoms with Crippen molar-refractivity contribution < 1.29 is 13.2 Å². The van der Waals surface area contributed by atoms with Gasteiger partial charge in [-0.3, -0.25) is 4.79 Å². The van der Waals surface area contributed by atoms with Gasteiger partial charge in [0.25, 0.3) is 5.91 Å². The van der Waals surface area contributed by atoms with E-state index in [0.29, 0.717) is 17.7 Å². The Kier molecular flexibility index (Phi) is 6.32. The van der Waals surface area contributed by atoms with Crippen molar-refractivity contribution >= 4 is 15.7 Å². The highest BCUT2D eigenvalue weighted by atomic mass is 32.2. The number of hydrogen-bond acceptors (Lipinski definition) is 3. The lowest BCUT2D eigenvalue weighted by atomic mass is 10.1. The summed E-state index contributed by atoms with van der Waals surface area (Å²) in [4.78, 5) is 15.2. The molecule has 3 rings (SSSR count). The third kappa shape index (κ3) is 5.67. The van der Waals surface area contributed by atoms with Crippen molar-refractivity contribution in [2.24, 2.45) is 0 Å². The molecule has 1 aliphatic carbocycles. The van der Waals surface area contributed by atoms with Gasteiger partial charge in [-0.05, 0) is 42.5 Å². The first-order valence-electron chi connectivity index (χ1n) is 9.54. The second-order valence-electron chi connectivity index (χ2n) is 7.44. The fourth-order valence-corrected chi connectivity index (χ4v) is 4.61. The lowest BCUT2D eigenvalue weighted by Gasteiger charge is -2.29. The van der Waals surface area contributed by atoms with Crippen molar-refractivity contribution in [3.8, 4) is 0 Å². The molecule has 0 heterocycles. The number of carbonyl (C=O) groups excluding carboxylic acids is 1. The zero-order valence-electron chi connectivity index (χ0n) is 15.8. The molecule has 0 radical (unpaired) electrons. The number of nitrogens with zero attached hydrogens (tertiary/aromatic N) is 1. The van der Waals surface area contributed by atoms with Gasteiger partial charge in [-0.15, -0.1) is 0 Å². The van der Waals surface area contributed by atoms with E-state index in [1.165, 1.54) is 11.8 Å². The zero-order valence-corrected chi connectivity index (χ0v) is 16.6. The van der Waals surface area contributed by atoms with Crippen LogP contribution in [0, 0.1) is 0 Å². The van der Waals surface area contributed by atoms with Crippen LogP contribution in [0.2, 0.25) is 0 Å². The first-order valence-corrected chi connectivity index (χ1v) is 11.6. The van der Waals surface area contributed by atoms with E-state index < -0.39 is 9.84 Å². The van der Waals surface area contributed by atoms with E-state index in [0.717, 1.165) is 32.1 Å². The van der Waals surface area contributed by atoms with Gasteiger partial charge in [0, 0.05) is 24.4 Å². The Morgan fingerprint density at radius 2 is 1.67 bits per heavy atom. The highest BCUT2D eigenvalue weighted by Crippen LogP contribution is 2.25. The van der Waals surface area contributed by atoms with Crippen molar-refractivity contribution in [1.82, 2.24) is 4.90 Å². The van der Waals surface area contributed by atoms with Gasteiger partial charge in [0.1, 0.15) is 0 Å². The minimum absolute atomic E-state index is 0.00758. The third-order valence-corrected chi connectivity index (χ3v) is 5.97. The maximum atomic E-state index is 13.2. The second kappa shape index (κ2) is 8.70. The van der Waals surface area contributed by atoms with Crippen LogP contribution in [0.5, 0.6) is 0 Å². The minimum Gasteiger partial charge on any atom is -0.335 e. The van der Waals surface area contributed by atoms with Gasteiger partial charge >= 0.3 is 0 Å². The first-order chi connectivity index (χ1) is 12.9. The van der Waals surface area contributed by atoms with Crippen LogP contribution in [-0.4, -0.2) is 38.1 Å². The van der Waals surface area contributed by atoms with Crippen LogP contribution in [0.1, 0.15) is 47.2 Å². The zero-order chi connectivity index (χ0) is 19.3. The summed E-state index contributed by atoms with van der Waals surface area (Å²) in [5.74, 6) is -0.0325. The summed E-state index contributed by atoms with van der Waals surface area (Å²) in [6.07, 6.45) is 6.45. The molecule has 27 heavy (non-hydrogen) atoms. The largest absolute Gasteiger partial charge is 0.335 e. The minimum atomic E-state index is -3.13. The smallest absolute Gasteiger partial charge is 0.254 e. The summed E-state index contributed by atoms with van der Waals surface area (Å²) < 4.78 is 23.2. The van der Waals surface area contributed by atoms with E-state index in [2.05, 4.69) is 12.1 Å². The number of carbonyl (C=O) groups is 1. The first kappa shape index (κ1) is 19.6. The fraction of sp³-hybridized carbons (Fsp3) is 0.409. The average molecular weight is 386 g/mol. The van der Waals surface area contributed by atoms with Crippen molar-refractivity contribution in [1.29, 1.82) is 0 Å². The van der Waals surface area contributed by atoms with Crippen molar-refractivity contribution in [2.75, 3.05) is 12.8 Å². The molecule has 1 fully saturated rings. The molecule has 0 saturated heterocycles. The molecule has 4 nitrogen and oxygen atoms in total. The van der Waals surface area contributed by atoms with Gasteiger partial charge in [0.2, 0.25) is 0 Å². The molecular formula is C22H27NO3S. The Hall–Kier alpha value is -2.14. The van der Waals surface area contributed by atoms with E-state index in [1.807, 2.05) is 23.1 Å². The molecule has 5 heteroatoms. The normalized spacial score (nSPS) is 15.0. The van der Waals surface area contributed by atoms with Crippen LogP contribution in [-0.2, 0) is 22.0 Å². The third-order valence-electron chi connectivity index (χ3n) is 5.11. The number of amides is 1. The van der Waals surface area contributed by atoms with Crippen LogP contribution in [0.4, 0.5) is 0 Å². The molecule has 1 amide bonds. The van der Waals surface area contributed by atoms with Gasteiger partial charge in [0.05, 0.1) is 5.75 Å². The van der Waals surface area contributed by atoms with E-state index in [9.17, 15) is 13.2 Å². The molecule has 0 spiro atoms. The Morgan fingerprint density at radius 3 is 2.33 bits per heavy atom. The van der Waals surface area contributed by atoms with Crippen LogP contribution < -0.4 is 0 Å². The standard InChI is InChI=1S/C22H27NO3S/c1-27(25,26)17-19-10-7-11-20(16-19)22(24)23(21-12-5-6-13-21)15-14-18-8-3-2-4-9-18/h2-4,7-11,16,21H,5-6,12-15,17H2,1H3. The van der Waals surface area contributed by atoms with E-state index in [-0.39, 0.29) is 17.7 Å². The summed E-state index contributed by atoms with van der Waals surface area (Å²) in [6.45, 7) is 0.684. The monoisotopic (exact) mass is 385 g/mol. The van der Waals surface area contributed by atoms with Crippen molar-refractivity contribution in [3.63, 3.8) is 0 Å². The van der Waals surface area contributed by atoms with Crippen LogP contribution >= 0.6 is 0 Å². The summed E-state index contributed by atoms with van der Waals surface area (Å²) in [7, 11) is -3.13. The SMILES string of the molecule is CS(=O)(=O)Cc1cccc(C(=O)N(CCc2ccccc2)C2CCCC2)c1. The topological polar surface area (TPSA) is 54.5 Å². The summed E-state index contributed by atoms with van der Waals surface area (Å²) in [5.41, 5.74) is 2.47. The van der Waals surface area contributed by atoms with Gasteiger partial charge in [-0.2, -0.15) is 0 Å². The summed E-state index contributed by atoms with van der Waals surface area (Å²) >= 11 is 0. The molecule has 144 valence electrons. The summed E-state index contributed by atoms with van der Waals surface area (Å²) in [6, 6.07) is 17.5. The lowest BCUT2D eigenvalue weighted by molar-refractivity contribution is 0.0684. The average Bonchev–Trinajstić information content (AvgIpc) is 3.16. The maximum absolute atomic E-state index is 13.2. The molecule has 0 N–H and O–H groups in total. The Balaban J connectivity index is 1.79. The molecule has 0 aliphatic heterocycles. The Labute approximate surface area is 162 Å². The van der Waals surface area contributed by atoms with Gasteiger partial charge in [-0.1, -0.05) is 55.3 Å². The van der Waals surface area contributed by atoms with Crippen LogP contribution in [0.3, 0.4) is 0 Å². The molecular weight excluding hydrogens is 358 g/mol. The van der Waals surface area contributed by atoms with Crippen LogP contribution in [0.15, 0.2) is 54.6 Å². The van der Waals surface area contributed by atoms with Crippen molar-refractivity contribution in [2.45, 2.75) is 43.9 Å². The number of sulfone groups is 1. The highest BCUT2D eigenvalue weighted by molar-refractivity contribution is 7.89. The lowest BCUT2D eigenvalue weighted by Crippen LogP contribution is -2.40. The number of hydrogen-bond donors (Lipinski definition) is 0. The maximum Gasteiger partial charge on any atom is 0.254 e. The van der Waals surface area contributed by atoms with Gasteiger partial charge < -0.3 is 4.90 Å². The number of benzene rings is 2. The fourth-order valence-electron chi connectivity index (χ4n) is 3.82. The molecule has 0 bridgehead atoms. The second-order valence-corrected chi connectivity index (χ2v) is 9.58. The summed E-state index contributed by atoms with van der Waals surface area (Å²) in [5, 5.41) is 0. The van der Waals surface area contributed by atoms with Crippen molar-refractivity contribution in [3.05, 3.63) is 71.3 Å². The quantitative estimate of drug-likeness (QED) is 0.727. The number of rotatable bonds is 7. The molecule has 0 unspecified atom stereocenters.